The van der Waals surface area contributed by atoms with E-state index < -0.39 is 21.9 Å². The molecule has 1 amide bonds. The Morgan fingerprint density at radius 1 is 1.07 bits per heavy atom. The molecule has 0 atom stereocenters. The Labute approximate surface area is 159 Å². The molecule has 0 unspecified atom stereocenters. The molecule has 0 aliphatic rings. The van der Waals surface area contributed by atoms with Crippen LogP contribution in [0.3, 0.4) is 0 Å². The van der Waals surface area contributed by atoms with Crippen molar-refractivity contribution < 1.29 is 22.7 Å². The molecule has 0 aliphatic carbocycles. The van der Waals surface area contributed by atoms with E-state index in [1.54, 1.807) is 0 Å². The van der Waals surface area contributed by atoms with Gasteiger partial charge in [-0.05, 0) is 30.2 Å². The summed E-state index contributed by atoms with van der Waals surface area (Å²) in [5.74, 6) is -1.06. The summed E-state index contributed by atoms with van der Waals surface area (Å²) in [7, 11) is -0.984. The van der Waals surface area contributed by atoms with Crippen LogP contribution >= 0.6 is 0 Å². The molecule has 0 aromatic heterocycles. The van der Waals surface area contributed by atoms with Gasteiger partial charge in [0.2, 0.25) is 10.0 Å². The lowest BCUT2D eigenvalue weighted by molar-refractivity contribution is 0.0600. The Morgan fingerprint density at radius 3 is 2.30 bits per heavy atom. The Hall–Kier alpha value is -2.87. The zero-order valence-electron chi connectivity index (χ0n) is 15.4. The van der Waals surface area contributed by atoms with Gasteiger partial charge >= 0.3 is 5.97 Å². The van der Waals surface area contributed by atoms with Gasteiger partial charge in [-0.15, -0.1) is 0 Å². The van der Waals surface area contributed by atoms with Crippen LogP contribution in [0.15, 0.2) is 48.5 Å². The van der Waals surface area contributed by atoms with E-state index in [9.17, 15) is 18.0 Å². The predicted octanol–water partition coefficient (Wildman–Crippen LogP) is 1.84. The molecule has 0 aliphatic heterocycles. The van der Waals surface area contributed by atoms with Crippen molar-refractivity contribution in [3.8, 4) is 0 Å². The Kier molecular flexibility index (Phi) is 6.57. The van der Waals surface area contributed by atoms with Crippen LogP contribution in [0.5, 0.6) is 0 Å². The molecule has 1 N–H and O–H groups in total. The third kappa shape index (κ3) is 5.55. The van der Waals surface area contributed by atoms with Crippen molar-refractivity contribution in [3.63, 3.8) is 0 Å². The Balaban J connectivity index is 2.23. The summed E-state index contributed by atoms with van der Waals surface area (Å²) >= 11 is 0. The van der Waals surface area contributed by atoms with Crippen molar-refractivity contribution in [1.29, 1.82) is 0 Å². The minimum atomic E-state index is -3.55. The van der Waals surface area contributed by atoms with Gasteiger partial charge in [0.1, 0.15) is 0 Å². The molecule has 144 valence electrons. The summed E-state index contributed by atoms with van der Waals surface area (Å²) in [6.45, 7) is 0.405. The first-order chi connectivity index (χ1) is 12.7. The van der Waals surface area contributed by atoms with Crippen molar-refractivity contribution in [2.75, 3.05) is 31.3 Å². The second-order valence-electron chi connectivity index (χ2n) is 5.98. The number of nitrogens with zero attached hydrogens (tertiary/aromatic N) is 1. The molecule has 2 rings (SSSR count). The zero-order chi connectivity index (χ0) is 20.0. The number of ether oxygens (including phenoxy) is 1. The number of nitrogens with one attached hydrogen (secondary N) is 1. The van der Waals surface area contributed by atoms with Gasteiger partial charge in [-0.3, -0.25) is 9.10 Å². The Bertz CT molecular complexity index is 926. The maximum atomic E-state index is 12.5. The molecule has 0 heterocycles. The van der Waals surface area contributed by atoms with E-state index in [1.165, 1.54) is 32.4 Å². The number of benzene rings is 2. The molecular weight excluding hydrogens is 368 g/mol. The number of rotatable bonds is 7. The van der Waals surface area contributed by atoms with Crippen molar-refractivity contribution in [3.05, 3.63) is 65.2 Å². The first-order valence-corrected chi connectivity index (χ1v) is 10.1. The number of amides is 1. The highest BCUT2D eigenvalue weighted by Crippen LogP contribution is 2.21. The summed E-state index contributed by atoms with van der Waals surface area (Å²) in [5.41, 5.74) is 1.56. The van der Waals surface area contributed by atoms with Crippen LogP contribution in [0.4, 0.5) is 5.69 Å². The summed E-state index contributed by atoms with van der Waals surface area (Å²) in [6.07, 6.45) is 1.69. The highest BCUT2D eigenvalue weighted by Gasteiger charge is 2.18. The zero-order valence-corrected chi connectivity index (χ0v) is 16.2. The van der Waals surface area contributed by atoms with Crippen LogP contribution in [0, 0.1) is 0 Å². The average Bonchev–Trinajstić information content (AvgIpc) is 2.66. The van der Waals surface area contributed by atoms with Crippen LogP contribution in [0.1, 0.15) is 26.3 Å². The van der Waals surface area contributed by atoms with E-state index in [-0.39, 0.29) is 16.8 Å². The molecule has 7 nitrogen and oxygen atoms in total. The molecule has 0 saturated carbocycles. The second kappa shape index (κ2) is 8.68. The fourth-order valence-electron chi connectivity index (χ4n) is 2.42. The maximum Gasteiger partial charge on any atom is 0.337 e. The minimum Gasteiger partial charge on any atom is -0.465 e. The fourth-order valence-corrected chi connectivity index (χ4v) is 2.91. The lowest BCUT2D eigenvalue weighted by Gasteiger charge is -2.18. The molecule has 0 radical (unpaired) electrons. The van der Waals surface area contributed by atoms with Gasteiger partial charge in [-0.25, -0.2) is 13.2 Å². The van der Waals surface area contributed by atoms with Crippen LogP contribution in [-0.2, 0) is 21.2 Å². The smallest absolute Gasteiger partial charge is 0.337 e. The summed E-state index contributed by atoms with van der Waals surface area (Å²) < 4.78 is 29.3. The predicted molar refractivity (Wildman–Crippen MR) is 104 cm³/mol. The number of anilines is 1. The van der Waals surface area contributed by atoms with Gasteiger partial charge in [0.15, 0.2) is 0 Å². The van der Waals surface area contributed by atoms with Crippen molar-refractivity contribution in [2.24, 2.45) is 0 Å². The quantitative estimate of drug-likeness (QED) is 0.728. The summed E-state index contributed by atoms with van der Waals surface area (Å²) in [4.78, 5) is 24.4. The molecule has 27 heavy (non-hydrogen) atoms. The van der Waals surface area contributed by atoms with E-state index in [1.807, 2.05) is 30.3 Å². The summed E-state index contributed by atoms with van der Waals surface area (Å²) in [6, 6.07) is 13.9. The van der Waals surface area contributed by atoms with Crippen LogP contribution in [-0.4, -0.2) is 47.3 Å². The highest BCUT2D eigenvalue weighted by molar-refractivity contribution is 7.92. The Morgan fingerprint density at radius 2 is 1.70 bits per heavy atom. The molecule has 0 spiro atoms. The lowest BCUT2D eigenvalue weighted by atomic mass is 10.1. The number of hydrogen-bond donors (Lipinski definition) is 1. The van der Waals surface area contributed by atoms with Gasteiger partial charge in [0.05, 0.1) is 24.6 Å². The number of carbonyl (C=O) groups excluding carboxylic acids is 2. The third-order valence-electron chi connectivity index (χ3n) is 4.00. The normalized spacial score (nSPS) is 10.9. The topological polar surface area (TPSA) is 92.8 Å². The van der Waals surface area contributed by atoms with Gasteiger partial charge in [0.25, 0.3) is 5.91 Å². The molecular formula is C19H22N2O5S. The first kappa shape index (κ1) is 20.4. The number of esters is 1. The SMILES string of the molecule is COC(=O)c1cc(C(=O)NCCc2ccccc2)cc(N(C)S(C)(=O)=O)c1. The van der Waals surface area contributed by atoms with Gasteiger partial charge in [-0.1, -0.05) is 30.3 Å². The summed E-state index contributed by atoms with van der Waals surface area (Å²) in [5, 5.41) is 2.78. The molecule has 8 heteroatoms. The van der Waals surface area contributed by atoms with Crippen molar-refractivity contribution in [1.82, 2.24) is 5.32 Å². The largest absolute Gasteiger partial charge is 0.465 e. The van der Waals surface area contributed by atoms with Gasteiger partial charge in [-0.2, -0.15) is 0 Å². The van der Waals surface area contributed by atoms with E-state index in [2.05, 4.69) is 5.32 Å². The molecule has 2 aromatic rings. The molecule has 2 aromatic carbocycles. The van der Waals surface area contributed by atoms with E-state index in [0.717, 1.165) is 16.1 Å². The number of sulfonamides is 1. The molecule has 0 saturated heterocycles. The second-order valence-corrected chi connectivity index (χ2v) is 8.00. The average molecular weight is 390 g/mol. The standard InChI is InChI=1S/C19H22N2O5S/c1-21(27(3,24)25)17-12-15(11-16(13-17)19(23)26-2)18(22)20-10-9-14-7-5-4-6-8-14/h4-8,11-13H,9-10H2,1-3H3,(H,20,22). The fraction of sp³-hybridized carbons (Fsp3) is 0.263. The molecule has 0 bridgehead atoms. The van der Waals surface area contributed by atoms with E-state index >= 15 is 0 Å². The van der Waals surface area contributed by atoms with Crippen LogP contribution < -0.4 is 9.62 Å². The number of methoxy groups -OCH3 is 1. The number of hydrogen-bond acceptors (Lipinski definition) is 5. The first-order valence-electron chi connectivity index (χ1n) is 8.22. The maximum absolute atomic E-state index is 12.5. The monoisotopic (exact) mass is 390 g/mol. The minimum absolute atomic E-state index is 0.0960. The number of carbonyl (C=O) groups is 2. The van der Waals surface area contributed by atoms with E-state index in [4.69, 9.17) is 4.74 Å². The third-order valence-corrected chi connectivity index (χ3v) is 5.21. The van der Waals surface area contributed by atoms with Gasteiger partial charge < -0.3 is 10.1 Å². The van der Waals surface area contributed by atoms with Gasteiger partial charge in [0, 0.05) is 19.2 Å². The van der Waals surface area contributed by atoms with Crippen molar-refractivity contribution in [2.45, 2.75) is 6.42 Å². The lowest BCUT2D eigenvalue weighted by Crippen LogP contribution is -2.28. The highest BCUT2D eigenvalue weighted by atomic mass is 32.2. The van der Waals surface area contributed by atoms with Crippen LogP contribution in [0.25, 0.3) is 0 Å². The van der Waals surface area contributed by atoms with Crippen molar-refractivity contribution >= 4 is 27.6 Å². The molecule has 0 fully saturated rings. The van der Waals surface area contributed by atoms with Crippen LogP contribution in [0.2, 0.25) is 0 Å². The van der Waals surface area contributed by atoms with E-state index in [0.29, 0.717) is 13.0 Å².